The number of rotatable bonds is 4. The fourth-order valence-corrected chi connectivity index (χ4v) is 2.64. The highest BCUT2D eigenvalue weighted by atomic mass is 35.5. The van der Waals surface area contributed by atoms with E-state index in [1.54, 1.807) is 17.8 Å². The molecule has 1 unspecified atom stereocenters. The molecule has 0 spiro atoms. The average Bonchev–Trinajstić information content (AvgIpc) is 2.83. The SMILES string of the molecule is CCCn1cc(C(C)(N)c2cc(F)c(Cl)cc2Cl)cn1. The normalized spacial score (nSPS) is 14.3. The molecule has 2 N–H and O–H groups in total. The van der Waals surface area contributed by atoms with Gasteiger partial charge in [-0.2, -0.15) is 5.10 Å². The molecule has 6 heteroatoms. The molecule has 0 saturated heterocycles. The third-order valence-corrected chi connectivity index (χ3v) is 3.86. The topological polar surface area (TPSA) is 43.8 Å². The van der Waals surface area contributed by atoms with Crippen molar-refractivity contribution in [1.29, 1.82) is 0 Å². The molecule has 0 bridgehead atoms. The van der Waals surface area contributed by atoms with Crippen molar-refractivity contribution in [1.82, 2.24) is 9.78 Å². The van der Waals surface area contributed by atoms with Crippen molar-refractivity contribution in [3.8, 4) is 0 Å². The largest absolute Gasteiger partial charge is 0.318 e. The number of aromatic nitrogens is 2. The van der Waals surface area contributed by atoms with E-state index in [1.807, 2.05) is 6.20 Å². The van der Waals surface area contributed by atoms with Crippen LogP contribution in [0.25, 0.3) is 0 Å². The zero-order valence-corrected chi connectivity index (χ0v) is 12.8. The lowest BCUT2D eigenvalue weighted by Gasteiger charge is -2.25. The molecule has 0 aliphatic rings. The van der Waals surface area contributed by atoms with Gasteiger partial charge in [0.15, 0.2) is 0 Å². The van der Waals surface area contributed by atoms with Crippen LogP contribution < -0.4 is 5.73 Å². The van der Waals surface area contributed by atoms with Crippen molar-refractivity contribution in [2.24, 2.45) is 5.73 Å². The molecule has 0 radical (unpaired) electrons. The molecule has 1 atom stereocenters. The Balaban J connectivity index is 2.45. The highest BCUT2D eigenvalue weighted by molar-refractivity contribution is 6.35. The zero-order valence-electron chi connectivity index (χ0n) is 11.3. The van der Waals surface area contributed by atoms with Crippen LogP contribution in [0.4, 0.5) is 4.39 Å². The van der Waals surface area contributed by atoms with Gasteiger partial charge in [-0.1, -0.05) is 30.1 Å². The van der Waals surface area contributed by atoms with Gasteiger partial charge < -0.3 is 5.73 Å². The van der Waals surface area contributed by atoms with Gasteiger partial charge >= 0.3 is 0 Å². The number of aryl methyl sites for hydroxylation is 1. The van der Waals surface area contributed by atoms with Crippen LogP contribution in [0.2, 0.25) is 10.0 Å². The molecule has 3 nitrogen and oxygen atoms in total. The summed E-state index contributed by atoms with van der Waals surface area (Å²) < 4.78 is 15.5. The van der Waals surface area contributed by atoms with Gasteiger partial charge in [0.05, 0.1) is 16.8 Å². The highest BCUT2D eigenvalue weighted by Gasteiger charge is 2.29. The summed E-state index contributed by atoms with van der Waals surface area (Å²) in [6, 6.07) is 2.65. The van der Waals surface area contributed by atoms with Crippen molar-refractivity contribution >= 4 is 23.2 Å². The first kappa shape index (κ1) is 15.3. The van der Waals surface area contributed by atoms with E-state index < -0.39 is 11.4 Å². The molecule has 1 aromatic carbocycles. The molecule has 0 fully saturated rings. The monoisotopic (exact) mass is 315 g/mol. The van der Waals surface area contributed by atoms with E-state index in [0.717, 1.165) is 18.5 Å². The van der Waals surface area contributed by atoms with Gasteiger partial charge in [-0.15, -0.1) is 0 Å². The highest BCUT2D eigenvalue weighted by Crippen LogP contribution is 2.34. The molecule has 1 aromatic heterocycles. The summed E-state index contributed by atoms with van der Waals surface area (Å²) in [6.07, 6.45) is 4.50. The van der Waals surface area contributed by atoms with Gasteiger partial charge in [0.25, 0.3) is 0 Å². The van der Waals surface area contributed by atoms with Gasteiger partial charge in [0.1, 0.15) is 5.82 Å². The van der Waals surface area contributed by atoms with E-state index in [2.05, 4.69) is 12.0 Å². The maximum absolute atomic E-state index is 13.7. The number of benzene rings is 1. The summed E-state index contributed by atoms with van der Waals surface area (Å²) in [5.41, 5.74) is 6.66. The predicted octanol–water partition coefficient (Wildman–Crippen LogP) is 3.96. The minimum Gasteiger partial charge on any atom is -0.318 e. The summed E-state index contributed by atoms with van der Waals surface area (Å²) in [7, 11) is 0. The lowest BCUT2D eigenvalue weighted by molar-refractivity contribution is 0.575. The molecule has 2 aromatic rings. The molecule has 108 valence electrons. The molecular weight excluding hydrogens is 300 g/mol. The summed E-state index contributed by atoms with van der Waals surface area (Å²) in [5.74, 6) is -0.538. The number of hydrogen-bond donors (Lipinski definition) is 1. The second kappa shape index (κ2) is 5.72. The Morgan fingerprint density at radius 1 is 1.35 bits per heavy atom. The van der Waals surface area contributed by atoms with Crippen molar-refractivity contribution in [2.45, 2.75) is 32.4 Å². The second-order valence-corrected chi connectivity index (χ2v) is 5.75. The fraction of sp³-hybridized carbons (Fsp3) is 0.357. The van der Waals surface area contributed by atoms with Crippen molar-refractivity contribution in [3.05, 3.63) is 51.5 Å². The zero-order chi connectivity index (χ0) is 14.9. The molecule has 0 saturated carbocycles. The van der Waals surface area contributed by atoms with Crippen LogP contribution >= 0.6 is 23.2 Å². The molecule has 1 heterocycles. The van der Waals surface area contributed by atoms with E-state index in [1.165, 1.54) is 12.1 Å². The number of nitrogens with zero attached hydrogens (tertiary/aromatic N) is 2. The maximum atomic E-state index is 13.7. The minimum atomic E-state index is -0.936. The minimum absolute atomic E-state index is 0.0174. The Bertz CT molecular complexity index is 623. The van der Waals surface area contributed by atoms with Gasteiger partial charge in [-0.3, -0.25) is 4.68 Å². The Hall–Kier alpha value is -1.10. The van der Waals surface area contributed by atoms with Gasteiger partial charge in [0.2, 0.25) is 0 Å². The lowest BCUT2D eigenvalue weighted by atomic mass is 9.87. The van der Waals surface area contributed by atoms with Gasteiger partial charge in [0, 0.05) is 23.3 Å². The van der Waals surface area contributed by atoms with E-state index in [4.69, 9.17) is 28.9 Å². The lowest BCUT2D eigenvalue weighted by Crippen LogP contribution is -2.34. The molecule has 0 amide bonds. The van der Waals surface area contributed by atoms with Crippen molar-refractivity contribution < 1.29 is 4.39 Å². The number of nitrogens with two attached hydrogens (primary N) is 1. The van der Waals surface area contributed by atoms with Crippen LogP contribution in [0.1, 0.15) is 31.4 Å². The first-order chi connectivity index (χ1) is 9.36. The average molecular weight is 316 g/mol. The van der Waals surface area contributed by atoms with Crippen LogP contribution in [0, 0.1) is 5.82 Å². The second-order valence-electron chi connectivity index (χ2n) is 4.94. The van der Waals surface area contributed by atoms with E-state index in [9.17, 15) is 4.39 Å². The summed E-state index contributed by atoms with van der Waals surface area (Å²) >= 11 is 11.9. The molecule has 20 heavy (non-hydrogen) atoms. The Morgan fingerprint density at radius 3 is 2.70 bits per heavy atom. The first-order valence-corrected chi connectivity index (χ1v) is 7.08. The first-order valence-electron chi connectivity index (χ1n) is 6.33. The van der Waals surface area contributed by atoms with Crippen LogP contribution in [-0.2, 0) is 12.1 Å². The molecular formula is C14H16Cl2FN3. The van der Waals surface area contributed by atoms with Crippen molar-refractivity contribution in [2.75, 3.05) is 0 Å². The molecule has 0 aliphatic carbocycles. The van der Waals surface area contributed by atoms with Crippen molar-refractivity contribution in [3.63, 3.8) is 0 Å². The number of halogens is 3. The van der Waals surface area contributed by atoms with Crippen LogP contribution in [-0.4, -0.2) is 9.78 Å². The number of hydrogen-bond acceptors (Lipinski definition) is 2. The van der Waals surface area contributed by atoms with E-state index in [-0.39, 0.29) is 5.02 Å². The van der Waals surface area contributed by atoms with Crippen LogP contribution in [0.15, 0.2) is 24.5 Å². The Labute approximate surface area is 127 Å². The summed E-state index contributed by atoms with van der Waals surface area (Å²) in [6.45, 7) is 4.64. The standard InChI is InChI=1S/C14H16Cl2FN3/c1-3-4-20-8-9(7-19-20)14(2,18)10-5-13(17)12(16)6-11(10)15/h5-8H,3-4,18H2,1-2H3. The summed E-state index contributed by atoms with van der Waals surface area (Å²) in [4.78, 5) is 0. The summed E-state index contributed by atoms with van der Waals surface area (Å²) in [5, 5.41) is 4.56. The third kappa shape index (κ3) is 2.82. The molecule has 2 rings (SSSR count). The van der Waals surface area contributed by atoms with E-state index >= 15 is 0 Å². The Kier molecular flexibility index (Phi) is 4.37. The maximum Gasteiger partial charge on any atom is 0.142 e. The molecule has 0 aliphatic heterocycles. The smallest absolute Gasteiger partial charge is 0.142 e. The fourth-order valence-electron chi connectivity index (χ4n) is 2.06. The van der Waals surface area contributed by atoms with Crippen LogP contribution in [0.5, 0.6) is 0 Å². The van der Waals surface area contributed by atoms with E-state index in [0.29, 0.717) is 10.6 Å². The third-order valence-electron chi connectivity index (χ3n) is 3.26. The van der Waals surface area contributed by atoms with Gasteiger partial charge in [-0.25, -0.2) is 4.39 Å². The van der Waals surface area contributed by atoms with Gasteiger partial charge in [-0.05, 0) is 31.0 Å². The Morgan fingerprint density at radius 2 is 2.05 bits per heavy atom. The quantitative estimate of drug-likeness (QED) is 0.868. The van der Waals surface area contributed by atoms with Crippen LogP contribution in [0.3, 0.4) is 0 Å². The predicted molar refractivity (Wildman–Crippen MR) is 79.6 cm³/mol.